The van der Waals surface area contributed by atoms with Crippen molar-refractivity contribution in [3.8, 4) is 11.5 Å². The van der Waals surface area contributed by atoms with E-state index >= 15 is 0 Å². The van der Waals surface area contributed by atoms with Gasteiger partial charge in [-0.3, -0.25) is 15.0 Å². The number of hydrogen-bond donors (Lipinski definition) is 1. The minimum Gasteiger partial charge on any atom is -0.465 e. The number of benzene rings is 2. The molecule has 1 N–H and O–H groups in total. The molecule has 0 aromatic heterocycles. The highest BCUT2D eigenvalue weighted by atomic mass is 16.6. The van der Waals surface area contributed by atoms with Gasteiger partial charge in [-0.1, -0.05) is 19.1 Å². The molecule has 7 heteroatoms. The lowest BCUT2D eigenvalue weighted by atomic mass is 10.0. The van der Waals surface area contributed by atoms with Gasteiger partial charge in [0.25, 0.3) is 5.69 Å². The molecule has 0 unspecified atom stereocenters. The van der Waals surface area contributed by atoms with Gasteiger partial charge in [0.1, 0.15) is 11.5 Å². The van der Waals surface area contributed by atoms with Crippen molar-refractivity contribution in [1.29, 1.82) is 0 Å². The molecule has 0 fully saturated rings. The minimum absolute atomic E-state index is 0.110. The summed E-state index contributed by atoms with van der Waals surface area (Å²) in [6.07, 6.45) is -0.224. The van der Waals surface area contributed by atoms with E-state index < -0.39 is 16.6 Å². The predicted molar refractivity (Wildman–Crippen MR) is 102 cm³/mol. The summed E-state index contributed by atoms with van der Waals surface area (Å²) in [6, 6.07) is 11.9. The highest BCUT2D eigenvalue weighted by Crippen LogP contribution is 2.30. The fraction of sp³-hybridized carbons (Fsp3) is 0.350. The third-order valence-electron chi connectivity index (χ3n) is 4.18. The molecule has 144 valence electrons. The Labute approximate surface area is 158 Å². The Kier molecular flexibility index (Phi) is 6.05. The maximum absolute atomic E-state index is 11.6. The Bertz CT molecular complexity index is 825. The van der Waals surface area contributed by atoms with Crippen LogP contribution in [0.5, 0.6) is 11.5 Å². The van der Waals surface area contributed by atoms with E-state index in [1.165, 1.54) is 23.8 Å². The number of carbonyl (C=O) groups is 1. The Morgan fingerprint density at radius 1 is 1.15 bits per heavy atom. The van der Waals surface area contributed by atoms with Gasteiger partial charge in [-0.15, -0.1) is 0 Å². The van der Waals surface area contributed by atoms with Gasteiger partial charge >= 0.3 is 6.09 Å². The maximum atomic E-state index is 11.6. The summed E-state index contributed by atoms with van der Waals surface area (Å²) in [6.45, 7) is 7.16. The van der Waals surface area contributed by atoms with Gasteiger partial charge < -0.3 is 9.84 Å². The second-order valence-electron chi connectivity index (χ2n) is 7.19. The first-order valence-electron chi connectivity index (χ1n) is 8.66. The van der Waals surface area contributed by atoms with E-state index in [0.29, 0.717) is 11.5 Å². The van der Waals surface area contributed by atoms with E-state index in [1.54, 1.807) is 20.8 Å². The van der Waals surface area contributed by atoms with Gasteiger partial charge in [0.2, 0.25) is 0 Å². The summed E-state index contributed by atoms with van der Waals surface area (Å²) in [5.74, 6) is 1.03. The average molecular weight is 372 g/mol. The van der Waals surface area contributed by atoms with Crippen LogP contribution < -0.4 is 4.74 Å². The molecule has 0 aliphatic heterocycles. The zero-order chi connectivity index (χ0) is 20.2. The Morgan fingerprint density at radius 2 is 1.74 bits per heavy atom. The molecule has 2 aromatic carbocycles. The fourth-order valence-electron chi connectivity index (χ4n) is 2.62. The smallest absolute Gasteiger partial charge is 0.408 e. The van der Waals surface area contributed by atoms with Crippen molar-refractivity contribution < 1.29 is 19.6 Å². The van der Waals surface area contributed by atoms with Crippen molar-refractivity contribution in [2.24, 2.45) is 0 Å². The number of rotatable bonds is 6. The molecule has 0 spiro atoms. The predicted octanol–water partition coefficient (Wildman–Crippen LogP) is 5.23. The normalized spacial score (nSPS) is 11.1. The van der Waals surface area contributed by atoms with Crippen molar-refractivity contribution in [1.82, 2.24) is 4.90 Å². The van der Waals surface area contributed by atoms with Crippen LogP contribution in [0.15, 0.2) is 42.5 Å². The molecule has 2 rings (SSSR count). The van der Waals surface area contributed by atoms with E-state index in [1.807, 2.05) is 24.3 Å². The Hall–Kier alpha value is -3.09. The summed E-state index contributed by atoms with van der Waals surface area (Å²) in [5, 5.41) is 20.8. The largest absolute Gasteiger partial charge is 0.465 e. The van der Waals surface area contributed by atoms with Crippen LogP contribution in [0.2, 0.25) is 0 Å². The molecule has 0 aliphatic rings. The van der Waals surface area contributed by atoms with Crippen LogP contribution in [0.1, 0.15) is 38.8 Å². The summed E-state index contributed by atoms with van der Waals surface area (Å²) in [4.78, 5) is 23.6. The second kappa shape index (κ2) is 8.07. The topological polar surface area (TPSA) is 92.9 Å². The number of nitro groups is 1. The fourth-order valence-corrected chi connectivity index (χ4v) is 2.62. The molecule has 0 saturated heterocycles. The van der Waals surface area contributed by atoms with Crippen molar-refractivity contribution in [3.05, 3.63) is 63.7 Å². The molecule has 0 heterocycles. The average Bonchev–Trinajstić information content (AvgIpc) is 2.59. The van der Waals surface area contributed by atoms with Crippen LogP contribution in [-0.4, -0.2) is 26.6 Å². The standard InChI is InChI=1S/C20H24N2O5/c1-5-14-6-8-16(9-7-14)27-17-10-11-18(22(25)26)15(12-17)13-21(19(23)24)20(2,3)4/h6-12H,5,13H2,1-4H3,(H,23,24). The summed E-state index contributed by atoms with van der Waals surface area (Å²) in [5.41, 5.74) is 0.611. The third-order valence-corrected chi connectivity index (χ3v) is 4.18. The molecule has 0 bridgehead atoms. The van der Waals surface area contributed by atoms with Crippen molar-refractivity contribution in [2.75, 3.05) is 0 Å². The van der Waals surface area contributed by atoms with Crippen LogP contribution >= 0.6 is 0 Å². The maximum Gasteiger partial charge on any atom is 0.408 e. The lowest BCUT2D eigenvalue weighted by Crippen LogP contribution is -2.44. The zero-order valence-electron chi connectivity index (χ0n) is 15.9. The van der Waals surface area contributed by atoms with Gasteiger partial charge in [0, 0.05) is 11.6 Å². The van der Waals surface area contributed by atoms with Crippen LogP contribution in [-0.2, 0) is 13.0 Å². The number of aryl methyl sites for hydroxylation is 1. The molecule has 27 heavy (non-hydrogen) atoms. The monoisotopic (exact) mass is 372 g/mol. The number of carboxylic acid groups (broad SMARTS) is 1. The van der Waals surface area contributed by atoms with Crippen LogP contribution in [0.4, 0.5) is 10.5 Å². The highest BCUT2D eigenvalue weighted by Gasteiger charge is 2.29. The van der Waals surface area contributed by atoms with Crippen LogP contribution in [0, 0.1) is 10.1 Å². The second-order valence-corrected chi connectivity index (χ2v) is 7.19. The molecule has 7 nitrogen and oxygen atoms in total. The molecule has 2 aromatic rings. The molecule has 0 atom stereocenters. The van der Waals surface area contributed by atoms with E-state index in [0.717, 1.165) is 11.3 Å². The SMILES string of the molecule is CCc1ccc(Oc2ccc([N+](=O)[O-])c(CN(C(=O)O)C(C)(C)C)c2)cc1. The van der Waals surface area contributed by atoms with Gasteiger partial charge in [-0.2, -0.15) is 0 Å². The summed E-state index contributed by atoms with van der Waals surface area (Å²) >= 11 is 0. The number of nitrogens with zero attached hydrogens (tertiary/aromatic N) is 2. The molecular weight excluding hydrogens is 348 g/mol. The van der Waals surface area contributed by atoms with E-state index in [9.17, 15) is 20.0 Å². The first kappa shape index (κ1) is 20.2. The molecule has 0 aliphatic carbocycles. The van der Waals surface area contributed by atoms with Crippen molar-refractivity contribution in [2.45, 2.75) is 46.2 Å². The third kappa shape index (κ3) is 5.20. The van der Waals surface area contributed by atoms with Crippen LogP contribution in [0.25, 0.3) is 0 Å². The lowest BCUT2D eigenvalue weighted by molar-refractivity contribution is -0.385. The van der Waals surface area contributed by atoms with E-state index in [2.05, 4.69) is 6.92 Å². The Morgan fingerprint density at radius 3 is 2.22 bits per heavy atom. The lowest BCUT2D eigenvalue weighted by Gasteiger charge is -2.33. The number of hydrogen-bond acceptors (Lipinski definition) is 4. The van der Waals surface area contributed by atoms with Crippen molar-refractivity contribution >= 4 is 11.8 Å². The molecule has 0 radical (unpaired) electrons. The number of amides is 1. The number of ether oxygens (including phenoxy) is 1. The van der Waals surface area contributed by atoms with E-state index in [4.69, 9.17) is 4.74 Å². The summed E-state index contributed by atoms with van der Waals surface area (Å²) < 4.78 is 5.79. The van der Waals surface area contributed by atoms with Crippen molar-refractivity contribution in [3.63, 3.8) is 0 Å². The quantitative estimate of drug-likeness (QED) is 0.554. The molecular formula is C20H24N2O5. The first-order valence-corrected chi connectivity index (χ1v) is 8.66. The van der Waals surface area contributed by atoms with E-state index in [-0.39, 0.29) is 17.8 Å². The van der Waals surface area contributed by atoms with Gasteiger partial charge in [-0.05, 0) is 57.0 Å². The highest BCUT2D eigenvalue weighted by molar-refractivity contribution is 5.66. The number of nitro benzene ring substituents is 1. The van der Waals surface area contributed by atoms with Crippen LogP contribution in [0.3, 0.4) is 0 Å². The zero-order valence-corrected chi connectivity index (χ0v) is 15.9. The molecule has 0 saturated carbocycles. The van der Waals surface area contributed by atoms with Gasteiger partial charge in [0.15, 0.2) is 0 Å². The first-order chi connectivity index (χ1) is 12.6. The Balaban J connectivity index is 2.35. The van der Waals surface area contributed by atoms with Gasteiger partial charge in [-0.25, -0.2) is 4.79 Å². The summed E-state index contributed by atoms with van der Waals surface area (Å²) in [7, 11) is 0. The minimum atomic E-state index is -1.14. The van der Waals surface area contributed by atoms with Gasteiger partial charge in [0.05, 0.1) is 17.0 Å². The molecule has 1 amide bonds.